The number of likely N-dealkylation sites (tertiary alicyclic amines) is 1. The van der Waals surface area contributed by atoms with E-state index in [0.29, 0.717) is 16.6 Å². The van der Waals surface area contributed by atoms with Crippen LogP contribution in [-0.4, -0.2) is 48.4 Å². The molecular weight excluding hydrogens is 384 g/mol. The summed E-state index contributed by atoms with van der Waals surface area (Å²) < 4.78 is 25.3. The number of hydrogen-bond acceptors (Lipinski definition) is 5. The normalized spacial score (nSPS) is 16.8. The largest absolute Gasteiger partial charge is 0.355 e. The molecule has 0 atom stereocenters. The second-order valence-corrected chi connectivity index (χ2v) is 9.54. The molecule has 1 aliphatic rings. The molecule has 3 aromatic rings. The Balaban J connectivity index is 1.57. The topological polar surface area (TPSA) is 79.0 Å². The van der Waals surface area contributed by atoms with Gasteiger partial charge in [0.1, 0.15) is 5.82 Å². The molecule has 0 unspecified atom stereocenters. The molecule has 3 heterocycles. The Hall–Kier alpha value is -1.96. The predicted molar refractivity (Wildman–Crippen MR) is 106 cm³/mol. The Morgan fingerprint density at radius 2 is 1.93 bits per heavy atom. The lowest BCUT2D eigenvalue weighted by molar-refractivity contribution is 0.251. The highest BCUT2D eigenvalue weighted by atomic mass is 35.5. The first-order valence-corrected chi connectivity index (χ1v) is 11.0. The summed E-state index contributed by atoms with van der Waals surface area (Å²) in [5.41, 5.74) is 2.13. The molecule has 4 rings (SSSR count). The molecular formula is C19H21ClN4O2S. The van der Waals surface area contributed by atoms with Crippen LogP contribution in [0.4, 0.5) is 0 Å². The molecule has 6 nitrogen and oxygen atoms in total. The molecule has 0 radical (unpaired) electrons. The average Bonchev–Trinajstić information content (AvgIpc) is 3.03. The van der Waals surface area contributed by atoms with Crippen LogP contribution in [0.25, 0.3) is 11.0 Å². The van der Waals surface area contributed by atoms with E-state index in [1.54, 1.807) is 18.3 Å². The van der Waals surface area contributed by atoms with Crippen molar-refractivity contribution in [3.63, 3.8) is 0 Å². The highest BCUT2D eigenvalue weighted by Gasteiger charge is 2.22. The first-order chi connectivity index (χ1) is 12.9. The third-order valence-corrected chi connectivity index (χ3v) is 6.98. The smallest absolute Gasteiger partial charge is 0.183 e. The number of aromatic nitrogens is 3. The molecule has 0 saturated carbocycles. The van der Waals surface area contributed by atoms with Gasteiger partial charge in [0.15, 0.2) is 9.84 Å². The van der Waals surface area contributed by atoms with Gasteiger partial charge in [-0.15, -0.1) is 0 Å². The second-order valence-electron chi connectivity index (χ2n) is 7.11. The van der Waals surface area contributed by atoms with Crippen LogP contribution in [0, 0.1) is 0 Å². The standard InChI is InChI=1S/C19H21ClN4O2S/c1-24-8-6-13(7-9-24)19-21-11-18-17(23-19)10-15(22-18)12-27(25,26)16-4-2-14(20)3-5-16/h2-5,10-11,13,22H,6-9,12H2,1H3. The van der Waals surface area contributed by atoms with Crippen molar-refractivity contribution < 1.29 is 8.42 Å². The van der Waals surface area contributed by atoms with Crippen LogP contribution in [0.3, 0.4) is 0 Å². The quantitative estimate of drug-likeness (QED) is 0.721. The highest BCUT2D eigenvalue weighted by Crippen LogP contribution is 2.26. The Morgan fingerprint density at radius 1 is 1.22 bits per heavy atom. The van der Waals surface area contributed by atoms with Crippen molar-refractivity contribution >= 4 is 32.5 Å². The summed E-state index contributed by atoms with van der Waals surface area (Å²) in [6.07, 6.45) is 3.85. The third-order valence-electron chi connectivity index (χ3n) is 5.05. The van der Waals surface area contributed by atoms with Crippen molar-refractivity contribution in [2.75, 3.05) is 20.1 Å². The zero-order chi connectivity index (χ0) is 19.0. The van der Waals surface area contributed by atoms with E-state index in [1.807, 2.05) is 6.07 Å². The van der Waals surface area contributed by atoms with E-state index in [-0.39, 0.29) is 10.6 Å². The Morgan fingerprint density at radius 3 is 2.63 bits per heavy atom. The Kier molecular flexibility index (Phi) is 4.92. The van der Waals surface area contributed by atoms with Crippen LogP contribution in [0.2, 0.25) is 5.02 Å². The van der Waals surface area contributed by atoms with Crippen molar-refractivity contribution in [3.8, 4) is 0 Å². The van der Waals surface area contributed by atoms with Gasteiger partial charge in [-0.25, -0.2) is 18.4 Å². The maximum atomic E-state index is 12.6. The molecule has 27 heavy (non-hydrogen) atoms. The van der Waals surface area contributed by atoms with Gasteiger partial charge in [0.25, 0.3) is 0 Å². The van der Waals surface area contributed by atoms with E-state index < -0.39 is 9.84 Å². The SMILES string of the molecule is CN1CCC(c2ncc3[nH]c(CS(=O)(=O)c4ccc(Cl)cc4)cc3n2)CC1. The van der Waals surface area contributed by atoms with Crippen LogP contribution in [-0.2, 0) is 15.6 Å². The lowest BCUT2D eigenvalue weighted by atomic mass is 9.96. The minimum absolute atomic E-state index is 0.117. The van der Waals surface area contributed by atoms with Crippen LogP contribution < -0.4 is 0 Å². The summed E-state index contributed by atoms with van der Waals surface area (Å²) in [5, 5.41) is 0.510. The first kappa shape index (κ1) is 18.4. The number of H-pyrrole nitrogens is 1. The number of nitrogens with zero attached hydrogens (tertiary/aromatic N) is 3. The summed E-state index contributed by atoms with van der Waals surface area (Å²) in [6.45, 7) is 2.09. The van der Waals surface area contributed by atoms with Gasteiger partial charge in [-0.2, -0.15) is 0 Å². The van der Waals surface area contributed by atoms with E-state index >= 15 is 0 Å². The van der Waals surface area contributed by atoms with E-state index in [0.717, 1.165) is 42.8 Å². The molecule has 0 aliphatic carbocycles. The first-order valence-electron chi connectivity index (χ1n) is 8.92. The molecule has 1 aliphatic heterocycles. The van der Waals surface area contributed by atoms with Crippen molar-refractivity contribution in [2.45, 2.75) is 29.4 Å². The summed E-state index contributed by atoms with van der Waals surface area (Å²) in [6, 6.07) is 8.03. The molecule has 0 amide bonds. The van der Waals surface area contributed by atoms with Gasteiger partial charge in [-0.05, 0) is 63.3 Å². The molecule has 0 bridgehead atoms. The molecule has 2 aromatic heterocycles. The fourth-order valence-corrected chi connectivity index (χ4v) is 4.87. The fourth-order valence-electron chi connectivity index (χ4n) is 3.46. The second kappa shape index (κ2) is 7.22. The molecule has 1 N–H and O–H groups in total. The van der Waals surface area contributed by atoms with Crippen LogP contribution in [0.15, 0.2) is 41.4 Å². The fraction of sp³-hybridized carbons (Fsp3) is 0.368. The maximum Gasteiger partial charge on any atom is 0.183 e. The van der Waals surface area contributed by atoms with Gasteiger partial charge >= 0.3 is 0 Å². The minimum Gasteiger partial charge on any atom is -0.355 e. The van der Waals surface area contributed by atoms with E-state index in [4.69, 9.17) is 11.6 Å². The van der Waals surface area contributed by atoms with Crippen molar-refractivity contribution in [2.24, 2.45) is 0 Å². The summed E-state index contributed by atoms with van der Waals surface area (Å²) in [4.78, 5) is 14.9. The molecule has 0 spiro atoms. The van der Waals surface area contributed by atoms with Gasteiger partial charge in [0.2, 0.25) is 0 Å². The number of benzene rings is 1. The van der Waals surface area contributed by atoms with Gasteiger partial charge in [-0.1, -0.05) is 11.6 Å². The number of rotatable bonds is 4. The van der Waals surface area contributed by atoms with Gasteiger partial charge in [0, 0.05) is 16.6 Å². The third kappa shape index (κ3) is 4.00. The minimum atomic E-state index is -3.46. The molecule has 8 heteroatoms. The summed E-state index contributed by atoms with van der Waals surface area (Å²) in [7, 11) is -1.33. The monoisotopic (exact) mass is 404 g/mol. The number of nitrogens with one attached hydrogen (secondary N) is 1. The number of halogens is 1. The average molecular weight is 405 g/mol. The molecule has 142 valence electrons. The summed E-state index contributed by atoms with van der Waals surface area (Å²) in [5.74, 6) is 1.10. The maximum absolute atomic E-state index is 12.6. The number of fused-ring (bicyclic) bond motifs is 1. The van der Waals surface area contributed by atoms with Crippen LogP contribution in [0.5, 0.6) is 0 Å². The van der Waals surface area contributed by atoms with Gasteiger partial charge in [-0.3, -0.25) is 0 Å². The number of piperidine rings is 1. The van der Waals surface area contributed by atoms with Crippen LogP contribution in [0.1, 0.15) is 30.3 Å². The summed E-state index contributed by atoms with van der Waals surface area (Å²) >= 11 is 5.84. The lowest BCUT2D eigenvalue weighted by Crippen LogP contribution is -2.29. The molecule has 1 saturated heterocycles. The predicted octanol–water partition coefficient (Wildman–Crippen LogP) is 3.39. The number of hydrogen-bond donors (Lipinski definition) is 1. The van der Waals surface area contributed by atoms with Crippen molar-refractivity contribution in [1.82, 2.24) is 19.9 Å². The number of aromatic amines is 1. The van der Waals surface area contributed by atoms with Gasteiger partial charge in [0.05, 0.1) is 27.9 Å². The van der Waals surface area contributed by atoms with Crippen molar-refractivity contribution in [3.05, 3.63) is 53.1 Å². The zero-order valence-corrected chi connectivity index (χ0v) is 16.6. The Labute approximate surface area is 163 Å². The highest BCUT2D eigenvalue weighted by molar-refractivity contribution is 7.90. The lowest BCUT2D eigenvalue weighted by Gasteiger charge is -2.27. The van der Waals surface area contributed by atoms with Gasteiger partial charge < -0.3 is 9.88 Å². The van der Waals surface area contributed by atoms with E-state index in [1.165, 1.54) is 12.1 Å². The van der Waals surface area contributed by atoms with E-state index in [9.17, 15) is 8.42 Å². The molecule has 1 fully saturated rings. The van der Waals surface area contributed by atoms with E-state index in [2.05, 4.69) is 26.9 Å². The van der Waals surface area contributed by atoms with Crippen LogP contribution >= 0.6 is 11.6 Å². The Bertz CT molecular complexity index is 1060. The van der Waals surface area contributed by atoms with Crippen molar-refractivity contribution in [1.29, 1.82) is 0 Å². The zero-order valence-electron chi connectivity index (χ0n) is 15.0. The number of sulfone groups is 1. The molecule has 1 aromatic carbocycles.